The fraction of sp³-hybridized carbons (Fsp3) is 0.917. The van der Waals surface area contributed by atoms with Crippen molar-refractivity contribution < 1.29 is 4.74 Å². The number of aliphatic imine (C=N–C) groups is 1. The maximum absolute atomic E-state index is 5.85. The molecule has 0 bridgehead atoms. The van der Waals surface area contributed by atoms with E-state index in [2.05, 4.69) is 23.7 Å². The second-order valence-electron chi connectivity index (χ2n) is 4.19. The van der Waals surface area contributed by atoms with Crippen molar-refractivity contribution in [1.29, 1.82) is 0 Å². The molecule has 0 radical (unpaired) electrons. The number of rotatable bonds is 6. The van der Waals surface area contributed by atoms with E-state index < -0.39 is 0 Å². The highest BCUT2D eigenvalue weighted by Gasteiger charge is 2.14. The van der Waals surface area contributed by atoms with Crippen molar-refractivity contribution >= 4 is 5.96 Å². The molecule has 0 unspecified atom stereocenters. The zero-order valence-corrected chi connectivity index (χ0v) is 10.6. The standard InChI is InChI=1S/C12H25N3O/c1-3-15(4-2)12(13)14-9-10-16-11-7-5-6-8-11/h11H,3-10H2,1-2H3,(H2,13,14). The first kappa shape index (κ1) is 13.3. The molecule has 1 fully saturated rings. The van der Waals surface area contributed by atoms with Crippen molar-refractivity contribution in [1.82, 2.24) is 4.90 Å². The fourth-order valence-corrected chi connectivity index (χ4v) is 2.08. The van der Waals surface area contributed by atoms with Crippen molar-refractivity contribution in [3.05, 3.63) is 0 Å². The van der Waals surface area contributed by atoms with Gasteiger partial charge in [0, 0.05) is 13.1 Å². The van der Waals surface area contributed by atoms with Gasteiger partial charge in [-0.25, -0.2) is 0 Å². The number of hydrogen-bond acceptors (Lipinski definition) is 2. The van der Waals surface area contributed by atoms with Gasteiger partial charge in [0.2, 0.25) is 0 Å². The molecule has 0 aromatic carbocycles. The monoisotopic (exact) mass is 227 g/mol. The SMILES string of the molecule is CCN(CC)C(N)=NCCOC1CCCC1. The van der Waals surface area contributed by atoms with Crippen molar-refractivity contribution in [3.63, 3.8) is 0 Å². The third-order valence-electron chi connectivity index (χ3n) is 3.11. The van der Waals surface area contributed by atoms with Crippen LogP contribution in [0.3, 0.4) is 0 Å². The fourth-order valence-electron chi connectivity index (χ4n) is 2.08. The zero-order chi connectivity index (χ0) is 11.8. The van der Waals surface area contributed by atoms with Crippen LogP contribution in [0.1, 0.15) is 39.5 Å². The van der Waals surface area contributed by atoms with E-state index in [1.807, 2.05) is 0 Å². The first-order valence-electron chi connectivity index (χ1n) is 6.44. The minimum absolute atomic E-state index is 0.477. The Kier molecular flexibility index (Phi) is 6.23. The van der Waals surface area contributed by atoms with Crippen molar-refractivity contribution in [2.45, 2.75) is 45.6 Å². The minimum atomic E-state index is 0.477. The Morgan fingerprint density at radius 2 is 1.94 bits per heavy atom. The normalized spacial score (nSPS) is 18.0. The summed E-state index contributed by atoms with van der Waals surface area (Å²) in [5.74, 6) is 0.639. The highest BCUT2D eigenvalue weighted by molar-refractivity contribution is 5.77. The maximum atomic E-state index is 5.85. The minimum Gasteiger partial charge on any atom is -0.376 e. The predicted octanol–water partition coefficient (Wildman–Crippen LogP) is 1.60. The van der Waals surface area contributed by atoms with Gasteiger partial charge in [0.15, 0.2) is 5.96 Å². The number of hydrogen-bond donors (Lipinski definition) is 1. The Bertz CT molecular complexity index is 208. The summed E-state index contributed by atoms with van der Waals surface area (Å²) >= 11 is 0. The molecule has 16 heavy (non-hydrogen) atoms. The van der Waals surface area contributed by atoms with Crippen LogP contribution in [0.2, 0.25) is 0 Å². The molecule has 0 aliphatic heterocycles. The molecule has 0 saturated heterocycles. The molecule has 0 amide bonds. The van der Waals surface area contributed by atoms with Gasteiger partial charge in [0.05, 0.1) is 19.3 Å². The summed E-state index contributed by atoms with van der Waals surface area (Å²) in [5, 5.41) is 0. The molecule has 4 heteroatoms. The van der Waals surface area contributed by atoms with E-state index in [0.29, 0.717) is 25.2 Å². The van der Waals surface area contributed by atoms with Gasteiger partial charge in [0.25, 0.3) is 0 Å². The van der Waals surface area contributed by atoms with Crippen LogP contribution in [0.4, 0.5) is 0 Å². The first-order chi connectivity index (χ1) is 7.77. The second kappa shape index (κ2) is 7.49. The quantitative estimate of drug-likeness (QED) is 0.426. The predicted molar refractivity (Wildman–Crippen MR) is 67.6 cm³/mol. The van der Waals surface area contributed by atoms with Gasteiger partial charge >= 0.3 is 0 Å². The molecule has 1 rings (SSSR count). The Morgan fingerprint density at radius 3 is 2.50 bits per heavy atom. The van der Waals surface area contributed by atoms with Gasteiger partial charge in [-0.3, -0.25) is 4.99 Å². The molecule has 1 saturated carbocycles. The number of ether oxygens (including phenoxy) is 1. The van der Waals surface area contributed by atoms with Crippen molar-refractivity contribution in [3.8, 4) is 0 Å². The molecular formula is C12H25N3O. The average molecular weight is 227 g/mol. The summed E-state index contributed by atoms with van der Waals surface area (Å²) in [7, 11) is 0. The largest absolute Gasteiger partial charge is 0.376 e. The molecule has 0 spiro atoms. The Hall–Kier alpha value is -0.770. The smallest absolute Gasteiger partial charge is 0.191 e. The zero-order valence-electron chi connectivity index (χ0n) is 10.6. The van der Waals surface area contributed by atoms with E-state index in [9.17, 15) is 0 Å². The summed E-state index contributed by atoms with van der Waals surface area (Å²) in [6.07, 6.45) is 5.54. The molecule has 0 heterocycles. The van der Waals surface area contributed by atoms with Crippen LogP contribution in [0.25, 0.3) is 0 Å². The van der Waals surface area contributed by atoms with Gasteiger partial charge in [-0.05, 0) is 26.7 Å². The van der Waals surface area contributed by atoms with Crippen molar-refractivity contribution in [2.75, 3.05) is 26.2 Å². The number of nitrogens with two attached hydrogens (primary N) is 1. The molecular weight excluding hydrogens is 202 g/mol. The summed E-state index contributed by atoms with van der Waals surface area (Å²) in [6, 6.07) is 0. The molecule has 94 valence electrons. The summed E-state index contributed by atoms with van der Waals surface area (Å²) in [5.41, 5.74) is 5.85. The molecule has 1 aliphatic rings. The summed E-state index contributed by atoms with van der Waals surface area (Å²) in [4.78, 5) is 6.37. The molecule has 2 N–H and O–H groups in total. The highest BCUT2D eigenvalue weighted by Crippen LogP contribution is 2.20. The van der Waals surface area contributed by atoms with Gasteiger partial charge in [-0.15, -0.1) is 0 Å². The Morgan fingerprint density at radius 1 is 1.31 bits per heavy atom. The van der Waals surface area contributed by atoms with E-state index >= 15 is 0 Å². The highest BCUT2D eigenvalue weighted by atomic mass is 16.5. The third kappa shape index (κ3) is 4.39. The maximum Gasteiger partial charge on any atom is 0.191 e. The van der Waals surface area contributed by atoms with Crippen molar-refractivity contribution in [2.24, 2.45) is 10.7 Å². The van der Waals surface area contributed by atoms with Crippen LogP contribution in [-0.2, 0) is 4.74 Å². The van der Waals surface area contributed by atoms with Gasteiger partial charge in [-0.1, -0.05) is 12.8 Å². The van der Waals surface area contributed by atoms with E-state index in [4.69, 9.17) is 10.5 Å². The lowest BCUT2D eigenvalue weighted by molar-refractivity contribution is 0.0642. The van der Waals surface area contributed by atoms with E-state index in [1.165, 1.54) is 25.7 Å². The summed E-state index contributed by atoms with van der Waals surface area (Å²) < 4.78 is 5.72. The molecule has 0 aromatic heterocycles. The van der Waals surface area contributed by atoms with E-state index in [-0.39, 0.29) is 0 Å². The van der Waals surface area contributed by atoms with Gasteiger partial charge in [-0.2, -0.15) is 0 Å². The lowest BCUT2D eigenvalue weighted by Gasteiger charge is -2.19. The molecule has 0 atom stereocenters. The van der Waals surface area contributed by atoms with Crippen LogP contribution >= 0.6 is 0 Å². The average Bonchev–Trinajstić information content (AvgIpc) is 2.79. The van der Waals surface area contributed by atoms with Crippen LogP contribution in [0.15, 0.2) is 4.99 Å². The molecule has 0 aromatic rings. The van der Waals surface area contributed by atoms with E-state index in [0.717, 1.165) is 13.1 Å². The van der Waals surface area contributed by atoms with Gasteiger partial charge < -0.3 is 15.4 Å². The topological polar surface area (TPSA) is 50.8 Å². The first-order valence-corrected chi connectivity index (χ1v) is 6.44. The number of guanidine groups is 1. The second-order valence-corrected chi connectivity index (χ2v) is 4.19. The van der Waals surface area contributed by atoms with E-state index in [1.54, 1.807) is 0 Å². The Balaban J connectivity index is 2.14. The van der Waals surface area contributed by atoms with Crippen LogP contribution in [0, 0.1) is 0 Å². The number of nitrogens with zero attached hydrogens (tertiary/aromatic N) is 2. The lowest BCUT2D eigenvalue weighted by Crippen LogP contribution is -2.37. The summed E-state index contributed by atoms with van der Waals surface area (Å²) in [6.45, 7) is 7.37. The van der Waals surface area contributed by atoms with Crippen LogP contribution in [0.5, 0.6) is 0 Å². The van der Waals surface area contributed by atoms with Crippen LogP contribution in [-0.4, -0.2) is 43.2 Å². The lowest BCUT2D eigenvalue weighted by atomic mass is 10.3. The third-order valence-corrected chi connectivity index (χ3v) is 3.11. The van der Waals surface area contributed by atoms with Crippen LogP contribution < -0.4 is 5.73 Å². The van der Waals surface area contributed by atoms with Gasteiger partial charge in [0.1, 0.15) is 0 Å². The molecule has 1 aliphatic carbocycles. The molecule has 4 nitrogen and oxygen atoms in total. The Labute approximate surface area is 98.9 Å².